The van der Waals surface area contributed by atoms with E-state index in [0.717, 1.165) is 0 Å². The van der Waals surface area contributed by atoms with E-state index >= 15 is 0 Å². The van der Waals surface area contributed by atoms with E-state index in [4.69, 9.17) is 4.74 Å². The van der Waals surface area contributed by atoms with Crippen LogP contribution in [0.15, 0.2) is 34.2 Å². The summed E-state index contributed by atoms with van der Waals surface area (Å²) in [7, 11) is 0. The van der Waals surface area contributed by atoms with Crippen molar-refractivity contribution >= 4 is 11.7 Å². The van der Waals surface area contributed by atoms with Gasteiger partial charge >= 0.3 is 1.43 Å². The van der Waals surface area contributed by atoms with Crippen LogP contribution in [0.4, 0.5) is 0 Å². The molecule has 2 aromatic heterocycles. The lowest BCUT2D eigenvalue weighted by molar-refractivity contribution is 0.216. The molecule has 0 saturated carbocycles. The first-order chi connectivity index (χ1) is 7.75. The predicted octanol–water partition coefficient (Wildman–Crippen LogP) is -0.0729. The Morgan fingerprint density at radius 1 is 1.44 bits per heavy atom. The molecule has 6 heteroatoms. The van der Waals surface area contributed by atoms with E-state index < -0.39 is 0 Å². The Labute approximate surface area is 90.5 Å². The number of fused-ring (bicyclic) bond motifs is 2. The smallest absolute Gasteiger partial charge is 0.492 e. The molecule has 0 unspecified atom stereocenters. The van der Waals surface area contributed by atoms with Gasteiger partial charge in [0.25, 0.3) is 5.56 Å². The highest BCUT2D eigenvalue weighted by Crippen LogP contribution is 2.04. The molecule has 2 aromatic rings. The normalized spacial score (nSPS) is 13.5. The molecule has 3 rings (SSSR count). The molecule has 1 aliphatic rings. The van der Waals surface area contributed by atoms with Crippen LogP contribution in [-0.4, -0.2) is 14.2 Å². The SMILES string of the molecule is O=c1ccn2nc3n(c(=O)c2c1)C=COC3.[H+]. The standard InChI is InChI=1S/C10H7N3O3/c14-7-1-2-13-8(5-7)10(15)12-3-4-16-6-9(12)11-13/h1-5H,6H2/p+1. The van der Waals surface area contributed by atoms with Crippen molar-refractivity contribution < 1.29 is 6.16 Å². The number of rotatable bonds is 0. The van der Waals surface area contributed by atoms with E-state index in [2.05, 4.69) is 5.10 Å². The van der Waals surface area contributed by atoms with E-state index in [-0.39, 0.29) is 24.5 Å². The van der Waals surface area contributed by atoms with E-state index in [0.29, 0.717) is 5.82 Å². The van der Waals surface area contributed by atoms with Crippen molar-refractivity contribution in [2.75, 3.05) is 0 Å². The van der Waals surface area contributed by atoms with Gasteiger partial charge in [-0.05, 0) is 0 Å². The summed E-state index contributed by atoms with van der Waals surface area (Å²) in [6.07, 6.45) is 4.39. The van der Waals surface area contributed by atoms with Crippen LogP contribution in [0, 0.1) is 0 Å². The molecule has 1 aliphatic heterocycles. The van der Waals surface area contributed by atoms with Crippen molar-refractivity contribution in [3.8, 4) is 0 Å². The Balaban J connectivity index is 0.00000108. The third kappa shape index (κ3) is 1.16. The molecule has 6 nitrogen and oxygen atoms in total. The number of aromatic nitrogens is 3. The predicted molar refractivity (Wildman–Crippen MR) is 57.0 cm³/mol. The van der Waals surface area contributed by atoms with Gasteiger partial charge in [-0.15, -0.1) is 0 Å². The second kappa shape index (κ2) is 3.06. The average molecular weight is 218 g/mol. The maximum Gasteiger partial charge on any atom is 1.00 e. The van der Waals surface area contributed by atoms with Gasteiger partial charge in [-0.2, -0.15) is 5.10 Å². The van der Waals surface area contributed by atoms with Gasteiger partial charge in [0.05, 0.1) is 0 Å². The monoisotopic (exact) mass is 218 g/mol. The van der Waals surface area contributed by atoms with E-state index in [1.165, 1.54) is 39.9 Å². The summed E-state index contributed by atoms with van der Waals surface area (Å²) >= 11 is 0. The van der Waals surface area contributed by atoms with Gasteiger partial charge in [0.1, 0.15) is 18.4 Å². The largest absolute Gasteiger partial charge is 1.00 e. The minimum atomic E-state index is -0.276. The molecule has 0 bridgehead atoms. The first-order valence-electron chi connectivity index (χ1n) is 4.68. The molecule has 3 heterocycles. The number of hydrogen-bond acceptors (Lipinski definition) is 4. The zero-order chi connectivity index (χ0) is 11.1. The molecule has 0 saturated heterocycles. The first-order valence-corrected chi connectivity index (χ1v) is 4.68. The van der Waals surface area contributed by atoms with Crippen LogP contribution >= 0.6 is 0 Å². The van der Waals surface area contributed by atoms with Crippen molar-refractivity contribution in [2.45, 2.75) is 6.61 Å². The highest BCUT2D eigenvalue weighted by Gasteiger charge is 2.11. The third-order valence-corrected chi connectivity index (χ3v) is 2.36. The molecular formula is C10H8N3O3+. The Kier molecular flexibility index (Phi) is 1.70. The second-order valence-electron chi connectivity index (χ2n) is 3.38. The van der Waals surface area contributed by atoms with Crippen LogP contribution in [-0.2, 0) is 11.3 Å². The molecule has 0 amide bonds. The lowest BCUT2D eigenvalue weighted by Gasteiger charge is -2.13. The zero-order valence-electron chi connectivity index (χ0n) is 9.16. The lowest BCUT2D eigenvalue weighted by Crippen LogP contribution is -2.27. The van der Waals surface area contributed by atoms with Crippen LogP contribution in [0.25, 0.3) is 11.7 Å². The molecule has 0 aromatic carbocycles. The molecular weight excluding hydrogens is 210 g/mol. The quantitative estimate of drug-likeness (QED) is 0.620. The molecule has 0 atom stereocenters. The average Bonchev–Trinajstić information content (AvgIpc) is 2.31. The van der Waals surface area contributed by atoms with Gasteiger partial charge in [0.15, 0.2) is 11.3 Å². The molecule has 0 radical (unpaired) electrons. The molecule has 80 valence electrons. The summed E-state index contributed by atoms with van der Waals surface area (Å²) in [5.41, 5.74) is -0.236. The molecule has 0 N–H and O–H groups in total. The fourth-order valence-electron chi connectivity index (χ4n) is 1.61. The molecule has 16 heavy (non-hydrogen) atoms. The molecule has 0 spiro atoms. The van der Waals surface area contributed by atoms with Crippen LogP contribution in [0.5, 0.6) is 0 Å². The number of pyridine rings is 1. The van der Waals surface area contributed by atoms with Gasteiger partial charge in [0.2, 0.25) is 0 Å². The lowest BCUT2D eigenvalue weighted by atomic mass is 10.4. The van der Waals surface area contributed by atoms with Gasteiger partial charge in [-0.1, -0.05) is 0 Å². The number of hydrogen-bond donors (Lipinski definition) is 0. The second-order valence-corrected chi connectivity index (χ2v) is 3.38. The van der Waals surface area contributed by atoms with Gasteiger partial charge in [0, 0.05) is 24.5 Å². The summed E-state index contributed by atoms with van der Waals surface area (Å²) in [6.45, 7) is 0.244. The fourth-order valence-corrected chi connectivity index (χ4v) is 1.61. The van der Waals surface area contributed by atoms with Gasteiger partial charge in [-0.3, -0.25) is 14.2 Å². The van der Waals surface area contributed by atoms with E-state index in [1.807, 2.05) is 0 Å². The van der Waals surface area contributed by atoms with Crippen molar-refractivity contribution in [1.82, 2.24) is 14.2 Å². The number of nitrogens with zero attached hydrogens (tertiary/aromatic N) is 3. The van der Waals surface area contributed by atoms with Crippen molar-refractivity contribution in [3.05, 3.63) is 51.0 Å². The third-order valence-electron chi connectivity index (χ3n) is 2.36. The highest BCUT2D eigenvalue weighted by atomic mass is 16.5. The van der Waals surface area contributed by atoms with Crippen molar-refractivity contribution in [3.63, 3.8) is 0 Å². The van der Waals surface area contributed by atoms with Crippen LogP contribution in [0.3, 0.4) is 0 Å². The Hall–Kier alpha value is -2.37. The highest BCUT2D eigenvalue weighted by molar-refractivity contribution is 5.45. The summed E-state index contributed by atoms with van der Waals surface area (Å²) in [4.78, 5) is 23.2. The minimum absolute atomic E-state index is 0. The summed E-state index contributed by atoms with van der Waals surface area (Å²) in [5, 5.41) is 4.18. The van der Waals surface area contributed by atoms with Crippen molar-refractivity contribution in [1.29, 1.82) is 0 Å². The molecule has 0 fully saturated rings. The Bertz CT molecular complexity index is 717. The van der Waals surface area contributed by atoms with Gasteiger partial charge in [-0.25, -0.2) is 4.52 Å². The first kappa shape index (κ1) is 8.90. The number of ether oxygens (including phenoxy) is 1. The van der Waals surface area contributed by atoms with Crippen LogP contribution in [0.2, 0.25) is 0 Å². The van der Waals surface area contributed by atoms with E-state index in [1.54, 1.807) is 0 Å². The van der Waals surface area contributed by atoms with E-state index in [9.17, 15) is 9.59 Å². The Morgan fingerprint density at radius 2 is 2.31 bits per heavy atom. The van der Waals surface area contributed by atoms with Crippen molar-refractivity contribution in [2.24, 2.45) is 0 Å². The summed E-state index contributed by atoms with van der Waals surface area (Å²) in [5.74, 6) is 0.503. The summed E-state index contributed by atoms with van der Waals surface area (Å²) in [6, 6.07) is 2.63. The topological polar surface area (TPSA) is 65.6 Å². The fraction of sp³-hybridized carbons (Fsp3) is 0.100. The van der Waals surface area contributed by atoms with Crippen LogP contribution < -0.4 is 11.0 Å². The maximum atomic E-state index is 12.0. The molecule has 0 aliphatic carbocycles. The minimum Gasteiger partial charge on any atom is -0.492 e. The van der Waals surface area contributed by atoms with Gasteiger partial charge < -0.3 is 4.74 Å². The van der Waals surface area contributed by atoms with Crippen LogP contribution in [0.1, 0.15) is 7.25 Å². The maximum absolute atomic E-state index is 12.0. The zero-order valence-corrected chi connectivity index (χ0v) is 8.16. The summed E-state index contributed by atoms with van der Waals surface area (Å²) < 4.78 is 7.81. The Morgan fingerprint density at radius 3 is 3.19 bits per heavy atom.